The summed E-state index contributed by atoms with van der Waals surface area (Å²) >= 11 is 0. The van der Waals surface area contributed by atoms with Crippen molar-refractivity contribution in [1.29, 1.82) is 0 Å². The van der Waals surface area contributed by atoms with Gasteiger partial charge in [0.15, 0.2) is 0 Å². The highest BCUT2D eigenvalue weighted by atomic mass is 16.6. The summed E-state index contributed by atoms with van der Waals surface area (Å²) in [6, 6.07) is 4.73. The molecule has 0 aliphatic rings. The Balaban J connectivity index is 2.47. The second-order valence-corrected chi connectivity index (χ2v) is 11.8. The number of unbranched alkanes of at least 4 members (excludes halogenated alkanes) is 4. The Morgan fingerprint density at radius 2 is 1.02 bits per heavy atom. The minimum Gasteiger partial charge on any atom is -0.490 e. The van der Waals surface area contributed by atoms with Crippen LogP contribution >= 0.6 is 0 Å². The molecule has 0 radical (unpaired) electrons. The van der Waals surface area contributed by atoms with E-state index in [1.54, 1.807) is 24.3 Å². The number of amides is 4. The number of carbonyl (C=O) groups excluding carboxylic acids is 4. The van der Waals surface area contributed by atoms with E-state index in [9.17, 15) is 19.2 Å². The van der Waals surface area contributed by atoms with Crippen LogP contribution in [-0.2, 0) is 9.47 Å². The number of rotatable bonds is 17. The van der Waals surface area contributed by atoms with Crippen molar-refractivity contribution < 1.29 is 33.4 Å². The third-order valence-corrected chi connectivity index (χ3v) is 5.41. The summed E-state index contributed by atoms with van der Waals surface area (Å²) in [6.07, 6.45) is 5.29. The standard InChI is InChI=1S/C31H50N4O7/c1-8-19-40-25-21-23(26(36)32-15-11-9-13-17-34-28(38)41-30(2,3)4)20-24(22-25)27(37)33-16-12-10-14-18-35-29(39)42-31(5,6)7/h8,20-22H,1,9-19H2,2-7H3,(H,32,36)(H,33,37)(H,34,38)(H,35,39). The summed E-state index contributed by atoms with van der Waals surface area (Å²) in [6.45, 7) is 16.6. The van der Waals surface area contributed by atoms with E-state index < -0.39 is 23.4 Å². The van der Waals surface area contributed by atoms with Crippen LogP contribution in [0.15, 0.2) is 30.9 Å². The Bertz CT molecular complexity index is 957. The van der Waals surface area contributed by atoms with Crippen molar-refractivity contribution >= 4 is 24.0 Å². The summed E-state index contributed by atoms with van der Waals surface area (Å²) in [5.74, 6) is -0.218. The molecule has 0 fully saturated rings. The van der Waals surface area contributed by atoms with E-state index in [0.717, 1.165) is 38.5 Å². The number of hydrogen-bond donors (Lipinski definition) is 4. The Labute approximate surface area is 250 Å². The van der Waals surface area contributed by atoms with Gasteiger partial charge in [-0.3, -0.25) is 9.59 Å². The van der Waals surface area contributed by atoms with Crippen LogP contribution in [-0.4, -0.2) is 68.0 Å². The van der Waals surface area contributed by atoms with Gasteiger partial charge in [-0.05, 0) is 98.3 Å². The summed E-state index contributed by atoms with van der Waals surface area (Å²) in [5.41, 5.74) is -0.429. The van der Waals surface area contributed by atoms with Crippen LogP contribution in [0.2, 0.25) is 0 Å². The fourth-order valence-corrected chi connectivity index (χ4v) is 3.57. The molecule has 11 heteroatoms. The fraction of sp³-hybridized carbons (Fsp3) is 0.613. The van der Waals surface area contributed by atoms with Gasteiger partial charge < -0.3 is 35.5 Å². The van der Waals surface area contributed by atoms with Crippen molar-refractivity contribution in [3.05, 3.63) is 42.0 Å². The molecule has 4 N–H and O–H groups in total. The Morgan fingerprint density at radius 3 is 1.38 bits per heavy atom. The molecule has 0 aromatic heterocycles. The van der Waals surface area contributed by atoms with Crippen molar-refractivity contribution in [2.45, 2.75) is 91.3 Å². The van der Waals surface area contributed by atoms with Gasteiger partial charge in [0.2, 0.25) is 0 Å². The zero-order chi connectivity index (χ0) is 31.6. The van der Waals surface area contributed by atoms with Crippen LogP contribution in [0.25, 0.3) is 0 Å². The van der Waals surface area contributed by atoms with Gasteiger partial charge in [-0.2, -0.15) is 0 Å². The first kappa shape index (κ1) is 36.3. The lowest BCUT2D eigenvalue weighted by Gasteiger charge is -2.19. The van der Waals surface area contributed by atoms with E-state index >= 15 is 0 Å². The predicted molar refractivity (Wildman–Crippen MR) is 163 cm³/mol. The summed E-state index contributed by atoms with van der Waals surface area (Å²) in [7, 11) is 0. The molecule has 11 nitrogen and oxygen atoms in total. The van der Waals surface area contributed by atoms with E-state index in [4.69, 9.17) is 14.2 Å². The first-order chi connectivity index (χ1) is 19.7. The topological polar surface area (TPSA) is 144 Å². The monoisotopic (exact) mass is 590 g/mol. The van der Waals surface area contributed by atoms with Crippen LogP contribution in [0, 0.1) is 0 Å². The molecule has 42 heavy (non-hydrogen) atoms. The van der Waals surface area contributed by atoms with Crippen molar-refractivity contribution in [2.24, 2.45) is 0 Å². The Kier molecular flexibility index (Phi) is 16.1. The summed E-state index contributed by atoms with van der Waals surface area (Å²) in [4.78, 5) is 49.0. The van der Waals surface area contributed by atoms with Gasteiger partial charge in [-0.25, -0.2) is 9.59 Å². The second kappa shape index (κ2) is 18.6. The smallest absolute Gasteiger partial charge is 0.407 e. The van der Waals surface area contributed by atoms with Crippen molar-refractivity contribution in [3.63, 3.8) is 0 Å². The molecule has 0 aliphatic heterocycles. The zero-order valence-corrected chi connectivity index (χ0v) is 26.2. The molecule has 0 aliphatic carbocycles. The third kappa shape index (κ3) is 17.8. The van der Waals surface area contributed by atoms with Gasteiger partial charge in [0.25, 0.3) is 11.8 Å². The fourth-order valence-electron chi connectivity index (χ4n) is 3.57. The van der Waals surface area contributed by atoms with E-state index in [-0.39, 0.29) is 18.4 Å². The van der Waals surface area contributed by atoms with Gasteiger partial charge in [0, 0.05) is 37.3 Å². The van der Waals surface area contributed by atoms with Gasteiger partial charge >= 0.3 is 12.2 Å². The molecule has 1 aromatic rings. The molecule has 1 aromatic carbocycles. The molecular formula is C31H50N4O7. The highest BCUT2D eigenvalue weighted by Gasteiger charge is 2.17. The minimum absolute atomic E-state index is 0.237. The molecule has 0 unspecified atom stereocenters. The molecule has 0 saturated carbocycles. The molecule has 0 spiro atoms. The lowest BCUT2D eigenvalue weighted by atomic mass is 10.1. The molecule has 4 amide bonds. The average Bonchev–Trinajstić information content (AvgIpc) is 2.88. The van der Waals surface area contributed by atoms with Crippen LogP contribution in [0.4, 0.5) is 9.59 Å². The quantitative estimate of drug-likeness (QED) is 0.146. The molecule has 236 valence electrons. The first-order valence-electron chi connectivity index (χ1n) is 14.6. The molecule has 0 atom stereocenters. The second-order valence-electron chi connectivity index (χ2n) is 11.8. The molecule has 0 saturated heterocycles. The Hall–Kier alpha value is -3.76. The van der Waals surface area contributed by atoms with Crippen LogP contribution in [0.3, 0.4) is 0 Å². The molecule has 0 bridgehead atoms. The average molecular weight is 591 g/mol. The lowest BCUT2D eigenvalue weighted by Crippen LogP contribution is -2.33. The van der Waals surface area contributed by atoms with E-state index in [1.807, 2.05) is 41.5 Å². The summed E-state index contributed by atoms with van der Waals surface area (Å²) < 4.78 is 16.0. The number of benzene rings is 1. The maximum atomic E-state index is 12.8. The highest BCUT2D eigenvalue weighted by molar-refractivity contribution is 6.00. The van der Waals surface area contributed by atoms with E-state index in [0.29, 0.717) is 43.1 Å². The van der Waals surface area contributed by atoms with Gasteiger partial charge in [0.05, 0.1) is 0 Å². The molecule has 0 heterocycles. The van der Waals surface area contributed by atoms with Crippen molar-refractivity contribution in [2.75, 3.05) is 32.8 Å². The first-order valence-corrected chi connectivity index (χ1v) is 14.6. The third-order valence-electron chi connectivity index (χ3n) is 5.41. The number of hydrogen-bond acceptors (Lipinski definition) is 7. The van der Waals surface area contributed by atoms with Gasteiger partial charge in [0.1, 0.15) is 23.6 Å². The van der Waals surface area contributed by atoms with Crippen molar-refractivity contribution in [1.82, 2.24) is 21.3 Å². The maximum absolute atomic E-state index is 12.8. The minimum atomic E-state index is -0.535. The van der Waals surface area contributed by atoms with Gasteiger partial charge in [-0.1, -0.05) is 12.7 Å². The van der Waals surface area contributed by atoms with Crippen LogP contribution in [0.1, 0.15) is 101 Å². The highest BCUT2D eigenvalue weighted by Crippen LogP contribution is 2.18. The maximum Gasteiger partial charge on any atom is 0.407 e. The SMILES string of the molecule is C=CCOc1cc(C(=O)NCCCCCNC(=O)OC(C)(C)C)cc(C(=O)NCCCCCNC(=O)OC(C)(C)C)c1. The largest absolute Gasteiger partial charge is 0.490 e. The van der Waals surface area contributed by atoms with Gasteiger partial charge in [-0.15, -0.1) is 0 Å². The van der Waals surface area contributed by atoms with Crippen molar-refractivity contribution in [3.8, 4) is 5.75 Å². The number of nitrogens with one attached hydrogen (secondary N) is 4. The number of carbonyl (C=O) groups is 4. The normalized spacial score (nSPS) is 11.2. The number of alkyl carbamates (subject to hydrolysis) is 2. The van der Waals surface area contributed by atoms with E-state index in [2.05, 4.69) is 27.8 Å². The van der Waals surface area contributed by atoms with Crippen LogP contribution in [0.5, 0.6) is 5.75 Å². The Morgan fingerprint density at radius 1 is 0.643 bits per heavy atom. The number of ether oxygens (including phenoxy) is 3. The zero-order valence-electron chi connectivity index (χ0n) is 26.2. The van der Waals surface area contributed by atoms with E-state index in [1.165, 1.54) is 0 Å². The molecule has 1 rings (SSSR count). The van der Waals surface area contributed by atoms with Crippen LogP contribution < -0.4 is 26.0 Å². The lowest BCUT2D eigenvalue weighted by molar-refractivity contribution is 0.0515. The summed E-state index contributed by atoms with van der Waals surface area (Å²) in [5, 5.41) is 11.2. The molecular weight excluding hydrogens is 540 g/mol. The predicted octanol–water partition coefficient (Wildman–Crippen LogP) is 5.10.